The number of carbonyl (C=O) groups excluding carboxylic acids is 2. The number of fused-ring (bicyclic) bond motifs is 1. The number of alkyl halides is 3. The second kappa shape index (κ2) is 7.30. The second-order valence-corrected chi connectivity index (χ2v) is 8.00. The van der Waals surface area contributed by atoms with Crippen molar-refractivity contribution >= 4 is 39.4 Å². The number of amides is 2. The van der Waals surface area contributed by atoms with E-state index in [1.54, 1.807) is 18.2 Å². The van der Waals surface area contributed by atoms with Gasteiger partial charge in [0.1, 0.15) is 11.4 Å². The first-order valence-electron chi connectivity index (χ1n) is 8.52. The van der Waals surface area contributed by atoms with E-state index in [4.69, 9.17) is 0 Å². The fraction of sp³-hybridized carbons (Fsp3) is 0.333. The number of hydrogen-bond donors (Lipinski definition) is 3. The molecule has 1 fully saturated rings. The van der Waals surface area contributed by atoms with Gasteiger partial charge in [0.25, 0.3) is 0 Å². The highest BCUT2D eigenvalue weighted by Gasteiger charge is 2.49. The maximum atomic E-state index is 12.7. The van der Waals surface area contributed by atoms with Crippen molar-refractivity contribution in [2.24, 2.45) is 0 Å². The van der Waals surface area contributed by atoms with Crippen LogP contribution < -0.4 is 9.03 Å². The van der Waals surface area contributed by atoms with E-state index in [-0.39, 0.29) is 24.3 Å². The van der Waals surface area contributed by atoms with Crippen molar-refractivity contribution in [3.05, 3.63) is 35.9 Å². The summed E-state index contributed by atoms with van der Waals surface area (Å²) in [4.78, 5) is 23.3. The van der Waals surface area contributed by atoms with Gasteiger partial charge in [0.2, 0.25) is 11.2 Å². The van der Waals surface area contributed by atoms with Crippen molar-refractivity contribution in [3.63, 3.8) is 0 Å². The summed E-state index contributed by atoms with van der Waals surface area (Å²) >= 11 is -2.16. The zero-order valence-corrected chi connectivity index (χ0v) is 15.9. The quantitative estimate of drug-likeness (QED) is 0.631. The van der Waals surface area contributed by atoms with E-state index in [0.717, 1.165) is 6.92 Å². The van der Waals surface area contributed by atoms with Gasteiger partial charge in [-0.25, -0.2) is 8.93 Å². The van der Waals surface area contributed by atoms with E-state index in [0.29, 0.717) is 20.6 Å². The number of benzene rings is 2. The van der Waals surface area contributed by atoms with Crippen molar-refractivity contribution in [3.8, 4) is 5.75 Å². The Balaban J connectivity index is 1.84. The SMILES string of the molecule is CC(O)(CCCc1ccc2cc(O)c(N3C(=O)C(=O)NS3=O)cc2c1)C(F)(F)F. The van der Waals surface area contributed by atoms with Crippen LogP contribution in [0.5, 0.6) is 5.75 Å². The number of hydrogen-bond acceptors (Lipinski definition) is 5. The minimum atomic E-state index is -4.72. The van der Waals surface area contributed by atoms with Gasteiger partial charge in [-0.2, -0.15) is 17.5 Å². The summed E-state index contributed by atoms with van der Waals surface area (Å²) in [6.45, 7) is 0.727. The number of phenolic OH excluding ortho intramolecular Hbond substituents is 1. The summed E-state index contributed by atoms with van der Waals surface area (Å²) in [7, 11) is 0. The van der Waals surface area contributed by atoms with Gasteiger partial charge in [-0.1, -0.05) is 18.2 Å². The summed E-state index contributed by atoms with van der Waals surface area (Å²) < 4.78 is 52.7. The molecule has 1 aliphatic heterocycles. The topological polar surface area (TPSA) is 107 Å². The van der Waals surface area contributed by atoms with E-state index in [1.807, 2.05) is 4.72 Å². The standard InChI is InChI=1S/C18H17F3N2O5S/c1-17(27,18(19,20)21)6-2-3-10-4-5-11-9-14(24)13(8-12(11)7-10)23-16(26)15(25)22-29(23)28/h4-5,7-9,24,27H,2-3,6H2,1H3,(H,22,25). The third kappa shape index (κ3) is 4.06. The minimum Gasteiger partial charge on any atom is -0.506 e. The van der Waals surface area contributed by atoms with Gasteiger partial charge in [-0.15, -0.1) is 0 Å². The predicted molar refractivity (Wildman–Crippen MR) is 99.0 cm³/mol. The zero-order valence-electron chi connectivity index (χ0n) is 15.1. The molecule has 0 saturated carbocycles. The molecule has 0 spiro atoms. The molecule has 3 rings (SSSR count). The lowest BCUT2D eigenvalue weighted by atomic mass is 9.95. The monoisotopic (exact) mass is 430 g/mol. The summed E-state index contributed by atoms with van der Waals surface area (Å²) in [6.07, 6.45) is -4.85. The average molecular weight is 430 g/mol. The second-order valence-electron chi connectivity index (χ2n) is 6.93. The van der Waals surface area contributed by atoms with E-state index in [9.17, 15) is 37.2 Å². The first-order valence-corrected chi connectivity index (χ1v) is 9.63. The fourth-order valence-electron chi connectivity index (χ4n) is 2.95. The van der Waals surface area contributed by atoms with Gasteiger partial charge < -0.3 is 10.2 Å². The van der Waals surface area contributed by atoms with Crippen LogP contribution in [0.15, 0.2) is 30.3 Å². The van der Waals surface area contributed by atoms with Crippen molar-refractivity contribution in [2.75, 3.05) is 4.31 Å². The molecule has 11 heteroatoms. The molecule has 2 unspecified atom stereocenters. The Kier molecular flexibility index (Phi) is 5.30. The van der Waals surface area contributed by atoms with Gasteiger partial charge in [0.05, 0.1) is 0 Å². The molecule has 7 nitrogen and oxygen atoms in total. The molecule has 1 saturated heterocycles. The highest BCUT2D eigenvalue weighted by Crippen LogP contribution is 2.36. The minimum absolute atomic E-state index is 0.0794. The Morgan fingerprint density at radius 1 is 1.14 bits per heavy atom. The molecule has 0 aromatic heterocycles. The van der Waals surface area contributed by atoms with Crippen LogP contribution in [-0.4, -0.2) is 38.0 Å². The lowest BCUT2D eigenvalue weighted by Crippen LogP contribution is -2.42. The Labute approximate surface area is 165 Å². The Bertz CT molecular complexity index is 1020. The summed E-state index contributed by atoms with van der Waals surface area (Å²) in [6, 6.07) is 7.67. The number of carbonyl (C=O) groups is 2. The van der Waals surface area contributed by atoms with E-state index >= 15 is 0 Å². The number of rotatable bonds is 5. The third-order valence-corrected chi connectivity index (χ3v) is 5.74. The van der Waals surface area contributed by atoms with Crippen molar-refractivity contribution in [2.45, 2.75) is 38.0 Å². The van der Waals surface area contributed by atoms with Gasteiger partial charge in [-0.05, 0) is 54.7 Å². The maximum absolute atomic E-state index is 12.7. The van der Waals surface area contributed by atoms with Crippen LogP contribution in [0, 0.1) is 0 Å². The lowest BCUT2D eigenvalue weighted by molar-refractivity contribution is -0.255. The number of halogens is 3. The average Bonchev–Trinajstić information content (AvgIpc) is 2.85. The normalized spacial score (nSPS) is 19.5. The number of phenols is 1. The van der Waals surface area contributed by atoms with Crippen LogP contribution in [0.4, 0.5) is 18.9 Å². The molecule has 1 heterocycles. The molecule has 2 aromatic carbocycles. The van der Waals surface area contributed by atoms with Gasteiger partial charge in [-0.3, -0.25) is 9.59 Å². The molecule has 3 N–H and O–H groups in total. The molecule has 0 aliphatic carbocycles. The van der Waals surface area contributed by atoms with E-state index < -0.39 is 41.2 Å². The van der Waals surface area contributed by atoms with Crippen LogP contribution in [0.1, 0.15) is 25.3 Å². The number of nitrogens with one attached hydrogen (secondary N) is 1. The molecular weight excluding hydrogens is 413 g/mol. The Morgan fingerprint density at radius 3 is 2.41 bits per heavy atom. The molecule has 2 aromatic rings. The van der Waals surface area contributed by atoms with Gasteiger partial charge >= 0.3 is 18.0 Å². The van der Waals surface area contributed by atoms with E-state index in [1.165, 1.54) is 12.1 Å². The number of aryl methyl sites for hydroxylation is 1. The van der Waals surface area contributed by atoms with Crippen LogP contribution in [0.25, 0.3) is 10.8 Å². The summed E-state index contributed by atoms with van der Waals surface area (Å²) in [5.74, 6) is -2.50. The number of anilines is 1. The largest absolute Gasteiger partial charge is 0.506 e. The molecule has 0 radical (unpaired) electrons. The molecule has 2 amide bonds. The van der Waals surface area contributed by atoms with Crippen molar-refractivity contribution in [1.82, 2.24) is 4.72 Å². The fourth-order valence-corrected chi connectivity index (χ4v) is 3.85. The number of nitrogens with zero attached hydrogens (tertiary/aromatic N) is 1. The molecule has 29 heavy (non-hydrogen) atoms. The predicted octanol–water partition coefficient (Wildman–Crippen LogP) is 2.22. The summed E-state index contributed by atoms with van der Waals surface area (Å²) in [5.41, 5.74) is -2.23. The lowest BCUT2D eigenvalue weighted by Gasteiger charge is -2.26. The van der Waals surface area contributed by atoms with Gasteiger partial charge in [0, 0.05) is 0 Å². The van der Waals surface area contributed by atoms with Crippen LogP contribution >= 0.6 is 0 Å². The first-order chi connectivity index (χ1) is 13.4. The van der Waals surface area contributed by atoms with Crippen molar-refractivity contribution in [1.29, 1.82) is 0 Å². The van der Waals surface area contributed by atoms with Crippen LogP contribution in [0.2, 0.25) is 0 Å². The maximum Gasteiger partial charge on any atom is 0.416 e. The smallest absolute Gasteiger partial charge is 0.416 e. The Hall–Kier alpha value is -2.66. The van der Waals surface area contributed by atoms with Crippen molar-refractivity contribution < 1.29 is 37.2 Å². The molecular formula is C18H17F3N2O5S. The number of aromatic hydroxyl groups is 1. The first kappa shape index (κ1) is 21.1. The summed E-state index contributed by atoms with van der Waals surface area (Å²) in [5, 5.41) is 20.8. The molecule has 156 valence electrons. The highest BCUT2D eigenvalue weighted by molar-refractivity contribution is 7.87. The van der Waals surface area contributed by atoms with Gasteiger partial charge in [0.15, 0.2) is 5.60 Å². The number of aliphatic hydroxyl groups is 1. The molecule has 0 bridgehead atoms. The molecule has 1 aliphatic rings. The third-order valence-electron chi connectivity index (χ3n) is 4.68. The van der Waals surface area contributed by atoms with Crippen LogP contribution in [-0.2, 0) is 27.2 Å². The Morgan fingerprint density at radius 2 is 1.83 bits per heavy atom. The highest BCUT2D eigenvalue weighted by atomic mass is 32.2. The molecule has 2 atom stereocenters. The zero-order chi connectivity index (χ0) is 21.6. The van der Waals surface area contributed by atoms with Crippen LogP contribution in [0.3, 0.4) is 0 Å². The van der Waals surface area contributed by atoms with E-state index in [2.05, 4.69) is 0 Å².